The van der Waals surface area contributed by atoms with Gasteiger partial charge in [-0.15, -0.1) is 0 Å². The second-order valence-corrected chi connectivity index (χ2v) is 7.46. The Labute approximate surface area is 168 Å². The Hall–Kier alpha value is -2.45. The number of hydrogen-bond donors (Lipinski definition) is 0. The summed E-state index contributed by atoms with van der Waals surface area (Å²) in [7, 11) is 1.59. The average Bonchev–Trinajstić information content (AvgIpc) is 2.98. The molecule has 27 heavy (non-hydrogen) atoms. The van der Waals surface area contributed by atoms with Crippen molar-refractivity contribution in [2.45, 2.75) is 13.5 Å². The number of methoxy groups -OCH3 is 1. The number of esters is 1. The SMILES string of the molecule is CCOC(=O)Cn1c(=NC(=O)c2cccc(Br)c2)sc2cc(OC)ccc21. The maximum absolute atomic E-state index is 12.6. The third kappa shape index (κ3) is 4.45. The molecule has 0 saturated carbocycles. The summed E-state index contributed by atoms with van der Waals surface area (Å²) in [6.07, 6.45) is 0. The summed E-state index contributed by atoms with van der Waals surface area (Å²) >= 11 is 4.67. The van der Waals surface area contributed by atoms with Crippen molar-refractivity contribution in [3.63, 3.8) is 0 Å². The van der Waals surface area contributed by atoms with Crippen molar-refractivity contribution in [1.29, 1.82) is 0 Å². The minimum Gasteiger partial charge on any atom is -0.497 e. The Morgan fingerprint density at radius 2 is 2.04 bits per heavy atom. The lowest BCUT2D eigenvalue weighted by Crippen LogP contribution is -2.23. The van der Waals surface area contributed by atoms with Gasteiger partial charge in [-0.3, -0.25) is 9.59 Å². The molecule has 0 N–H and O–H groups in total. The number of ether oxygens (including phenoxy) is 2. The lowest BCUT2D eigenvalue weighted by molar-refractivity contribution is -0.143. The standard InChI is InChI=1S/C19H17BrN2O4S/c1-3-26-17(23)11-22-15-8-7-14(25-2)10-16(15)27-19(22)21-18(24)12-5-4-6-13(20)9-12/h4-10H,3,11H2,1-2H3. The highest BCUT2D eigenvalue weighted by Gasteiger charge is 2.13. The first-order valence-electron chi connectivity index (χ1n) is 8.19. The number of nitrogens with zero attached hydrogens (tertiary/aromatic N) is 2. The van der Waals surface area contributed by atoms with Crippen LogP contribution >= 0.6 is 27.3 Å². The number of rotatable bonds is 5. The van der Waals surface area contributed by atoms with Crippen LogP contribution in [0.2, 0.25) is 0 Å². The minimum absolute atomic E-state index is 0.0230. The van der Waals surface area contributed by atoms with Crippen LogP contribution in [0, 0.1) is 0 Å². The van der Waals surface area contributed by atoms with Crippen LogP contribution in [-0.2, 0) is 16.1 Å². The zero-order valence-corrected chi connectivity index (χ0v) is 17.2. The number of amides is 1. The molecule has 0 aliphatic heterocycles. The van der Waals surface area contributed by atoms with Crippen LogP contribution in [0.5, 0.6) is 5.75 Å². The molecule has 3 aromatic rings. The Morgan fingerprint density at radius 1 is 1.22 bits per heavy atom. The molecule has 0 radical (unpaired) electrons. The number of thiazole rings is 1. The summed E-state index contributed by atoms with van der Waals surface area (Å²) < 4.78 is 13.7. The smallest absolute Gasteiger partial charge is 0.326 e. The Bertz CT molecular complexity index is 1070. The highest BCUT2D eigenvalue weighted by atomic mass is 79.9. The molecule has 0 bridgehead atoms. The summed E-state index contributed by atoms with van der Waals surface area (Å²) in [6, 6.07) is 12.5. The number of aromatic nitrogens is 1. The third-order valence-electron chi connectivity index (χ3n) is 3.75. The van der Waals surface area contributed by atoms with Gasteiger partial charge in [0.1, 0.15) is 12.3 Å². The lowest BCUT2D eigenvalue weighted by atomic mass is 10.2. The van der Waals surface area contributed by atoms with Gasteiger partial charge in [-0.05, 0) is 43.3 Å². The van der Waals surface area contributed by atoms with Gasteiger partial charge in [-0.1, -0.05) is 33.3 Å². The highest BCUT2D eigenvalue weighted by Crippen LogP contribution is 2.23. The molecule has 0 atom stereocenters. The fourth-order valence-corrected chi connectivity index (χ4v) is 3.98. The largest absolute Gasteiger partial charge is 0.497 e. The van der Waals surface area contributed by atoms with Crippen molar-refractivity contribution in [2.75, 3.05) is 13.7 Å². The number of benzene rings is 2. The van der Waals surface area contributed by atoms with Gasteiger partial charge in [0.15, 0.2) is 4.80 Å². The molecule has 3 rings (SSSR count). The number of carbonyl (C=O) groups excluding carboxylic acids is 2. The maximum atomic E-state index is 12.6. The van der Waals surface area contributed by atoms with E-state index in [1.54, 1.807) is 42.9 Å². The van der Waals surface area contributed by atoms with E-state index < -0.39 is 0 Å². The second kappa shape index (κ2) is 8.49. The fourth-order valence-electron chi connectivity index (χ4n) is 2.53. The second-order valence-electron chi connectivity index (χ2n) is 5.54. The van der Waals surface area contributed by atoms with Crippen LogP contribution in [0.1, 0.15) is 17.3 Å². The fraction of sp³-hybridized carbons (Fsp3) is 0.211. The van der Waals surface area contributed by atoms with E-state index in [0.717, 1.165) is 14.7 Å². The van der Waals surface area contributed by atoms with Crippen LogP contribution in [0.25, 0.3) is 10.2 Å². The quantitative estimate of drug-likeness (QED) is 0.556. The number of hydrogen-bond acceptors (Lipinski definition) is 5. The minimum atomic E-state index is -0.385. The number of halogens is 1. The van der Waals surface area contributed by atoms with Crippen molar-refractivity contribution in [3.8, 4) is 5.75 Å². The summed E-state index contributed by atoms with van der Waals surface area (Å²) in [5.74, 6) is -0.0753. The Balaban J connectivity index is 2.11. The predicted molar refractivity (Wildman–Crippen MR) is 107 cm³/mol. The summed E-state index contributed by atoms with van der Waals surface area (Å²) in [5.41, 5.74) is 1.25. The van der Waals surface area contributed by atoms with Crippen LogP contribution < -0.4 is 9.54 Å². The normalized spacial score (nSPS) is 11.6. The molecule has 0 fully saturated rings. The van der Waals surface area contributed by atoms with Crippen molar-refractivity contribution in [2.24, 2.45) is 4.99 Å². The van der Waals surface area contributed by atoms with E-state index in [1.165, 1.54) is 11.3 Å². The van der Waals surface area contributed by atoms with E-state index in [4.69, 9.17) is 9.47 Å². The van der Waals surface area contributed by atoms with Gasteiger partial charge in [0.2, 0.25) is 0 Å². The Kier molecular flexibility index (Phi) is 6.08. The first-order valence-corrected chi connectivity index (χ1v) is 9.80. The van der Waals surface area contributed by atoms with Gasteiger partial charge in [0.05, 0.1) is 23.9 Å². The number of fused-ring (bicyclic) bond motifs is 1. The Morgan fingerprint density at radius 3 is 2.74 bits per heavy atom. The van der Waals surface area contributed by atoms with Crippen LogP contribution in [0.4, 0.5) is 0 Å². The highest BCUT2D eigenvalue weighted by molar-refractivity contribution is 9.10. The molecule has 1 aromatic heterocycles. The van der Waals surface area contributed by atoms with Gasteiger partial charge in [0.25, 0.3) is 5.91 Å². The monoisotopic (exact) mass is 448 g/mol. The van der Waals surface area contributed by atoms with E-state index in [-0.39, 0.29) is 18.4 Å². The zero-order chi connectivity index (χ0) is 19.4. The van der Waals surface area contributed by atoms with E-state index >= 15 is 0 Å². The van der Waals surface area contributed by atoms with Gasteiger partial charge >= 0.3 is 5.97 Å². The summed E-state index contributed by atoms with van der Waals surface area (Å²) in [6.45, 7) is 2.02. The van der Waals surface area contributed by atoms with Crippen molar-refractivity contribution < 1.29 is 19.1 Å². The molecule has 1 amide bonds. The molecule has 0 unspecified atom stereocenters. The predicted octanol–water partition coefficient (Wildman–Crippen LogP) is 3.78. The topological polar surface area (TPSA) is 69.9 Å². The van der Waals surface area contributed by atoms with Gasteiger partial charge in [0, 0.05) is 10.0 Å². The molecule has 8 heteroatoms. The van der Waals surface area contributed by atoms with Crippen molar-refractivity contribution in [3.05, 3.63) is 57.3 Å². The van der Waals surface area contributed by atoms with Gasteiger partial charge in [-0.2, -0.15) is 4.99 Å². The molecule has 0 saturated heterocycles. The first kappa shape index (κ1) is 19.3. The number of carbonyl (C=O) groups is 2. The average molecular weight is 449 g/mol. The summed E-state index contributed by atoms with van der Waals surface area (Å²) in [5, 5.41) is 0. The van der Waals surface area contributed by atoms with Crippen LogP contribution in [0.15, 0.2) is 51.9 Å². The van der Waals surface area contributed by atoms with Crippen molar-refractivity contribution >= 4 is 49.4 Å². The van der Waals surface area contributed by atoms with Crippen molar-refractivity contribution in [1.82, 2.24) is 4.57 Å². The van der Waals surface area contributed by atoms with E-state index in [1.807, 2.05) is 18.2 Å². The molecule has 2 aromatic carbocycles. The lowest BCUT2D eigenvalue weighted by Gasteiger charge is -2.05. The molecule has 140 valence electrons. The molecule has 0 aliphatic rings. The first-order chi connectivity index (χ1) is 13.0. The summed E-state index contributed by atoms with van der Waals surface area (Å²) in [4.78, 5) is 29.3. The molecular formula is C19H17BrN2O4S. The van der Waals surface area contributed by atoms with Gasteiger partial charge < -0.3 is 14.0 Å². The molecule has 0 aliphatic carbocycles. The zero-order valence-electron chi connectivity index (χ0n) is 14.8. The van der Waals surface area contributed by atoms with E-state index in [0.29, 0.717) is 22.7 Å². The third-order valence-corrected chi connectivity index (χ3v) is 5.29. The molecule has 1 heterocycles. The van der Waals surface area contributed by atoms with E-state index in [2.05, 4.69) is 20.9 Å². The molecule has 0 spiro atoms. The van der Waals surface area contributed by atoms with Crippen LogP contribution in [0.3, 0.4) is 0 Å². The van der Waals surface area contributed by atoms with E-state index in [9.17, 15) is 9.59 Å². The molecular weight excluding hydrogens is 432 g/mol. The molecule has 6 nitrogen and oxygen atoms in total. The van der Waals surface area contributed by atoms with Crippen LogP contribution in [-0.4, -0.2) is 30.2 Å². The maximum Gasteiger partial charge on any atom is 0.326 e. The van der Waals surface area contributed by atoms with Gasteiger partial charge in [-0.25, -0.2) is 0 Å².